The van der Waals surface area contributed by atoms with Crippen LogP contribution in [0, 0.1) is 0 Å². The Balaban J connectivity index is 1.57. The van der Waals surface area contributed by atoms with Crippen LogP contribution in [0.2, 0.25) is 0 Å². The van der Waals surface area contributed by atoms with Gasteiger partial charge in [0.25, 0.3) is 11.8 Å². The van der Waals surface area contributed by atoms with Crippen LogP contribution in [-0.4, -0.2) is 68.1 Å². The molecule has 0 radical (unpaired) electrons. The molecule has 1 aliphatic heterocycles. The number of likely N-dealkylation sites (tertiary alicyclic amines) is 1. The number of nitrogens with zero attached hydrogens (tertiary/aromatic N) is 3. The fraction of sp³-hybridized carbons (Fsp3) is 0.571. The number of halogens is 3. The van der Waals surface area contributed by atoms with E-state index in [9.17, 15) is 26.4 Å². The van der Waals surface area contributed by atoms with Crippen molar-refractivity contribution in [3.05, 3.63) is 35.5 Å². The molecule has 13 heteroatoms. The highest BCUT2D eigenvalue weighted by molar-refractivity contribution is 7.90. The summed E-state index contributed by atoms with van der Waals surface area (Å²) in [7, 11) is -2.14. The van der Waals surface area contributed by atoms with Crippen molar-refractivity contribution in [3.8, 4) is 5.75 Å². The molecule has 1 saturated carbocycles. The molecule has 34 heavy (non-hydrogen) atoms. The second kappa shape index (κ2) is 8.52. The van der Waals surface area contributed by atoms with Crippen molar-refractivity contribution in [1.29, 1.82) is 0 Å². The molecule has 2 aromatic rings. The van der Waals surface area contributed by atoms with E-state index in [0.717, 1.165) is 44.2 Å². The number of hydrogen-bond donors (Lipinski definition) is 0. The first-order valence-electron chi connectivity index (χ1n) is 10.6. The van der Waals surface area contributed by atoms with E-state index in [1.807, 2.05) is 0 Å². The third-order valence-corrected chi connectivity index (χ3v) is 7.25. The maximum atomic E-state index is 13.3. The van der Waals surface area contributed by atoms with E-state index in [1.165, 1.54) is 4.90 Å². The molecule has 1 unspecified atom stereocenters. The number of carbonyl (C=O) groups is 1. The van der Waals surface area contributed by atoms with Crippen LogP contribution in [-0.2, 0) is 20.2 Å². The number of sulfone groups is 1. The molecule has 1 saturated heterocycles. The number of aromatic nitrogens is 2. The molecule has 2 heterocycles. The maximum absolute atomic E-state index is 13.3. The van der Waals surface area contributed by atoms with Crippen molar-refractivity contribution in [1.82, 2.24) is 15.0 Å². The Hall–Kier alpha value is -2.67. The highest BCUT2D eigenvalue weighted by atomic mass is 32.2. The third-order valence-electron chi connectivity index (χ3n) is 6.14. The average molecular weight is 503 g/mol. The van der Waals surface area contributed by atoms with Crippen molar-refractivity contribution >= 4 is 15.7 Å². The van der Waals surface area contributed by atoms with Crippen molar-refractivity contribution < 1.29 is 40.4 Å². The van der Waals surface area contributed by atoms with Crippen LogP contribution < -0.4 is 4.74 Å². The Kier molecular flexibility index (Phi) is 6.13. The van der Waals surface area contributed by atoms with Gasteiger partial charge in [0, 0.05) is 32.4 Å². The second-order valence-corrected chi connectivity index (χ2v) is 10.6. The minimum atomic E-state index is -4.66. The molecule has 0 N–H and O–H groups in total. The zero-order chi connectivity index (χ0) is 24.9. The summed E-state index contributed by atoms with van der Waals surface area (Å²) in [5.74, 6) is -0.432. The van der Waals surface area contributed by atoms with Crippen molar-refractivity contribution in [3.63, 3.8) is 0 Å². The molecule has 1 amide bonds. The molecular formula is C21H24F3N3O6S. The topological polar surface area (TPSA) is 112 Å². The van der Waals surface area contributed by atoms with Gasteiger partial charge in [-0.15, -0.1) is 0 Å². The van der Waals surface area contributed by atoms with Gasteiger partial charge in [-0.2, -0.15) is 18.2 Å². The molecule has 9 nitrogen and oxygen atoms in total. The number of hydrogen-bond acceptors (Lipinski definition) is 8. The molecule has 1 aromatic heterocycles. The first-order chi connectivity index (χ1) is 15.8. The molecule has 2 aliphatic rings. The first kappa shape index (κ1) is 24.5. The van der Waals surface area contributed by atoms with Gasteiger partial charge in [-0.1, -0.05) is 5.16 Å². The lowest BCUT2D eigenvalue weighted by atomic mass is 10.1. The van der Waals surface area contributed by atoms with E-state index in [4.69, 9.17) is 14.0 Å². The van der Waals surface area contributed by atoms with Crippen LogP contribution in [0.25, 0.3) is 0 Å². The minimum Gasteiger partial charge on any atom is -0.480 e. The molecular weight excluding hydrogens is 479 g/mol. The largest absolute Gasteiger partial charge is 0.480 e. The summed E-state index contributed by atoms with van der Waals surface area (Å²) >= 11 is 0. The fourth-order valence-corrected chi connectivity index (χ4v) is 4.44. The zero-order valence-electron chi connectivity index (χ0n) is 18.8. The van der Waals surface area contributed by atoms with Gasteiger partial charge in [-0.3, -0.25) is 4.79 Å². The third kappa shape index (κ3) is 4.76. The number of alkyl halides is 3. The molecule has 4 rings (SSSR count). The van der Waals surface area contributed by atoms with E-state index >= 15 is 0 Å². The van der Waals surface area contributed by atoms with Gasteiger partial charge < -0.3 is 18.9 Å². The molecule has 1 aliphatic carbocycles. The molecule has 2 atom stereocenters. The van der Waals surface area contributed by atoms with Crippen LogP contribution in [0.4, 0.5) is 13.2 Å². The zero-order valence-corrected chi connectivity index (χ0v) is 19.6. The summed E-state index contributed by atoms with van der Waals surface area (Å²) in [4.78, 5) is 18.9. The Morgan fingerprint density at radius 1 is 1.32 bits per heavy atom. The standard InChI is InChI=1S/C21H24F3N3O6S/c1-12(21(22,23)24)32-16-5-4-14(34(3,29)30)10-15(16)18(28)27-9-6-13(11-27)17-25-19(33-26-17)20(31-2)7-8-20/h4-5,10,12-13H,6-9,11H2,1-3H3/t12-,13?/m1/s1. The molecule has 2 fully saturated rings. The summed E-state index contributed by atoms with van der Waals surface area (Å²) in [5.41, 5.74) is -0.808. The van der Waals surface area contributed by atoms with Gasteiger partial charge in [0.2, 0.25) is 0 Å². The lowest BCUT2D eigenvalue weighted by molar-refractivity contribution is -0.189. The molecule has 0 spiro atoms. The van der Waals surface area contributed by atoms with Crippen LogP contribution in [0.15, 0.2) is 27.6 Å². The number of methoxy groups -OCH3 is 1. The van der Waals surface area contributed by atoms with Crippen molar-refractivity contribution in [2.45, 2.75) is 54.9 Å². The SMILES string of the molecule is COC1(c2nc(C3CCN(C(=O)c4cc(S(C)(=O)=O)ccc4O[C@H](C)C(F)(F)F)C3)no2)CC1. The molecule has 1 aromatic carbocycles. The fourth-order valence-electron chi connectivity index (χ4n) is 3.80. The summed E-state index contributed by atoms with van der Waals surface area (Å²) in [6.07, 6.45) is -3.85. The molecule has 0 bridgehead atoms. The van der Waals surface area contributed by atoms with E-state index in [-0.39, 0.29) is 35.2 Å². The maximum Gasteiger partial charge on any atom is 0.425 e. The predicted molar refractivity (Wildman–Crippen MR) is 111 cm³/mol. The van der Waals surface area contributed by atoms with E-state index < -0.39 is 33.6 Å². The lowest BCUT2D eigenvalue weighted by Gasteiger charge is -2.22. The normalized spacial score (nSPS) is 20.9. The smallest absolute Gasteiger partial charge is 0.425 e. The second-order valence-electron chi connectivity index (χ2n) is 8.62. The number of rotatable bonds is 7. The Bertz CT molecular complexity index is 1190. The molecule has 186 valence electrons. The summed E-state index contributed by atoms with van der Waals surface area (Å²) in [6, 6.07) is 3.23. The van der Waals surface area contributed by atoms with Crippen LogP contribution in [0.5, 0.6) is 5.75 Å². The van der Waals surface area contributed by atoms with Gasteiger partial charge >= 0.3 is 6.18 Å². The highest BCUT2D eigenvalue weighted by Gasteiger charge is 2.50. The Morgan fingerprint density at radius 2 is 2.03 bits per heavy atom. The van der Waals surface area contributed by atoms with E-state index in [2.05, 4.69) is 10.1 Å². The Morgan fingerprint density at radius 3 is 2.62 bits per heavy atom. The van der Waals surface area contributed by atoms with E-state index in [1.54, 1.807) is 7.11 Å². The number of ether oxygens (including phenoxy) is 2. The summed E-state index contributed by atoms with van der Waals surface area (Å²) in [6.45, 7) is 1.28. The minimum absolute atomic E-state index is 0.190. The van der Waals surface area contributed by atoms with Gasteiger partial charge in [0.05, 0.1) is 10.5 Å². The Labute approximate surface area is 194 Å². The monoisotopic (exact) mass is 503 g/mol. The van der Waals surface area contributed by atoms with Gasteiger partial charge in [0.15, 0.2) is 21.8 Å². The number of amides is 1. The van der Waals surface area contributed by atoms with Crippen molar-refractivity contribution in [2.75, 3.05) is 26.5 Å². The highest BCUT2D eigenvalue weighted by Crippen LogP contribution is 2.48. The average Bonchev–Trinajstić information content (AvgIpc) is 3.17. The first-order valence-corrected chi connectivity index (χ1v) is 12.5. The van der Waals surface area contributed by atoms with Crippen LogP contribution in [0.1, 0.15) is 54.2 Å². The summed E-state index contributed by atoms with van der Waals surface area (Å²) < 4.78 is 78.9. The van der Waals surface area contributed by atoms with Gasteiger partial charge in [-0.05, 0) is 44.4 Å². The van der Waals surface area contributed by atoms with Crippen molar-refractivity contribution in [2.24, 2.45) is 0 Å². The number of benzene rings is 1. The lowest BCUT2D eigenvalue weighted by Crippen LogP contribution is -2.33. The van der Waals surface area contributed by atoms with Gasteiger partial charge in [-0.25, -0.2) is 8.42 Å². The van der Waals surface area contributed by atoms with Crippen LogP contribution >= 0.6 is 0 Å². The van der Waals surface area contributed by atoms with Gasteiger partial charge in [0.1, 0.15) is 11.4 Å². The quantitative estimate of drug-likeness (QED) is 0.567. The van der Waals surface area contributed by atoms with Crippen LogP contribution in [0.3, 0.4) is 0 Å². The number of carbonyl (C=O) groups excluding carboxylic acids is 1. The van der Waals surface area contributed by atoms with E-state index in [0.29, 0.717) is 18.1 Å². The predicted octanol–water partition coefficient (Wildman–Crippen LogP) is 3.07. The summed E-state index contributed by atoms with van der Waals surface area (Å²) in [5, 5.41) is 4.02.